The van der Waals surface area contributed by atoms with Gasteiger partial charge < -0.3 is 5.32 Å². The minimum Gasteiger partial charge on any atom is -0.310 e. The first-order chi connectivity index (χ1) is 12.9. The van der Waals surface area contributed by atoms with Gasteiger partial charge in [-0.05, 0) is 19.8 Å². The lowest BCUT2D eigenvalue weighted by Crippen LogP contribution is -2.35. The number of nitrogens with zero attached hydrogens (tertiary/aromatic N) is 6. The molecule has 1 atom stereocenters. The molecule has 9 heteroatoms. The summed E-state index contributed by atoms with van der Waals surface area (Å²) < 4.78 is 1.41. The van der Waals surface area contributed by atoms with Gasteiger partial charge in [0.05, 0.1) is 5.69 Å². The van der Waals surface area contributed by atoms with Crippen molar-refractivity contribution >= 4 is 35.6 Å². The third-order valence-electron chi connectivity index (χ3n) is 4.61. The molecule has 1 aromatic rings. The van der Waals surface area contributed by atoms with Crippen molar-refractivity contribution in [2.24, 2.45) is 26.9 Å². The number of hydrogen-bond donors (Lipinski definition) is 1. The molecule has 3 rings (SSSR count). The molecule has 2 aliphatic rings. The highest BCUT2D eigenvalue weighted by atomic mass is 16.2. The zero-order valence-electron chi connectivity index (χ0n) is 16.1. The van der Waals surface area contributed by atoms with Gasteiger partial charge in [0.2, 0.25) is 5.91 Å². The molecular formula is C18H25N7O2. The molecule has 0 saturated heterocycles. The van der Waals surface area contributed by atoms with Crippen LogP contribution in [0.2, 0.25) is 0 Å². The standard InChI is InChI=1S/C18H25N7O2/c1-5-7-12(8-6-2)16(26)20-14-9-11(3)23-25(14)18-21-15-13(17(27)22-18)10-19-24(15)4/h9-10,12-13H,5-8H2,1-4H3,(H,20,26). The van der Waals surface area contributed by atoms with Gasteiger partial charge in [-0.15, -0.1) is 0 Å². The van der Waals surface area contributed by atoms with Crippen molar-refractivity contribution in [2.45, 2.75) is 46.5 Å². The molecule has 3 heterocycles. The summed E-state index contributed by atoms with van der Waals surface area (Å²) >= 11 is 0. The van der Waals surface area contributed by atoms with Crippen LogP contribution in [0.15, 0.2) is 21.2 Å². The van der Waals surface area contributed by atoms with Gasteiger partial charge in [0.25, 0.3) is 11.9 Å². The van der Waals surface area contributed by atoms with Crippen LogP contribution in [0.1, 0.15) is 45.2 Å². The summed E-state index contributed by atoms with van der Waals surface area (Å²) in [6.07, 6.45) is 5.08. The predicted octanol–water partition coefficient (Wildman–Crippen LogP) is 2.04. The second-order valence-electron chi connectivity index (χ2n) is 6.83. The van der Waals surface area contributed by atoms with E-state index in [1.165, 1.54) is 10.9 Å². The Morgan fingerprint density at radius 2 is 1.96 bits per heavy atom. The number of aryl methyl sites for hydroxylation is 1. The van der Waals surface area contributed by atoms with Gasteiger partial charge in [0.1, 0.15) is 17.6 Å². The molecule has 2 amide bonds. The molecule has 1 N–H and O–H groups in total. The van der Waals surface area contributed by atoms with Crippen molar-refractivity contribution in [2.75, 3.05) is 12.4 Å². The summed E-state index contributed by atoms with van der Waals surface area (Å²) in [5, 5.41) is 12.9. The quantitative estimate of drug-likeness (QED) is 0.826. The molecule has 27 heavy (non-hydrogen) atoms. The van der Waals surface area contributed by atoms with E-state index in [4.69, 9.17) is 0 Å². The van der Waals surface area contributed by atoms with Crippen molar-refractivity contribution in [3.05, 3.63) is 11.8 Å². The molecule has 0 bridgehead atoms. The number of hydrogen-bond acceptors (Lipinski definition) is 6. The number of aliphatic imine (C=N–C) groups is 2. The Balaban J connectivity index is 1.87. The lowest BCUT2D eigenvalue weighted by atomic mass is 9.97. The SMILES string of the molecule is CCCC(CCC)C(=O)Nc1cc(C)nn1C1=NC(=O)C2C=NN(C)C2=N1. The fourth-order valence-corrected chi connectivity index (χ4v) is 3.27. The summed E-state index contributed by atoms with van der Waals surface area (Å²) in [6, 6.07) is 1.75. The molecule has 0 aliphatic carbocycles. The summed E-state index contributed by atoms with van der Waals surface area (Å²) in [5.74, 6) is 0.110. The van der Waals surface area contributed by atoms with Crippen molar-refractivity contribution in [3.63, 3.8) is 0 Å². The highest BCUT2D eigenvalue weighted by Crippen LogP contribution is 2.21. The van der Waals surface area contributed by atoms with Crippen LogP contribution in [0.25, 0.3) is 0 Å². The van der Waals surface area contributed by atoms with Crippen LogP contribution in [0.4, 0.5) is 5.82 Å². The number of carbonyl (C=O) groups is 2. The van der Waals surface area contributed by atoms with Gasteiger partial charge in [0, 0.05) is 25.2 Å². The number of hydrazone groups is 1. The third-order valence-corrected chi connectivity index (χ3v) is 4.61. The van der Waals surface area contributed by atoms with E-state index >= 15 is 0 Å². The van der Waals surface area contributed by atoms with Gasteiger partial charge in [-0.1, -0.05) is 26.7 Å². The number of amidine groups is 1. The van der Waals surface area contributed by atoms with E-state index in [2.05, 4.69) is 39.3 Å². The van der Waals surface area contributed by atoms with E-state index in [0.717, 1.165) is 25.7 Å². The number of aromatic nitrogens is 2. The fourth-order valence-electron chi connectivity index (χ4n) is 3.27. The first-order valence-corrected chi connectivity index (χ1v) is 9.31. The Morgan fingerprint density at radius 3 is 2.63 bits per heavy atom. The Kier molecular flexibility index (Phi) is 5.48. The molecule has 144 valence electrons. The second kappa shape index (κ2) is 7.81. The monoisotopic (exact) mass is 371 g/mol. The van der Waals surface area contributed by atoms with Crippen LogP contribution in [0, 0.1) is 18.8 Å². The number of rotatable bonds is 6. The van der Waals surface area contributed by atoms with Gasteiger partial charge >= 0.3 is 0 Å². The largest absolute Gasteiger partial charge is 0.310 e. The van der Waals surface area contributed by atoms with Crippen LogP contribution in [-0.4, -0.2) is 51.7 Å². The smallest absolute Gasteiger partial charge is 0.265 e. The van der Waals surface area contributed by atoms with Crippen LogP contribution in [0.5, 0.6) is 0 Å². The molecule has 2 aliphatic heterocycles. The van der Waals surface area contributed by atoms with E-state index in [0.29, 0.717) is 17.3 Å². The summed E-state index contributed by atoms with van der Waals surface area (Å²) in [7, 11) is 1.72. The maximum atomic E-state index is 12.7. The molecule has 0 saturated carbocycles. The Bertz CT molecular complexity index is 831. The third kappa shape index (κ3) is 3.81. The number of amides is 2. The highest BCUT2D eigenvalue weighted by molar-refractivity contribution is 6.24. The minimum atomic E-state index is -0.549. The fraction of sp³-hybridized carbons (Fsp3) is 0.556. The first kappa shape index (κ1) is 18.9. The van der Waals surface area contributed by atoms with Gasteiger partial charge in [-0.3, -0.25) is 14.6 Å². The zero-order valence-corrected chi connectivity index (χ0v) is 16.1. The Morgan fingerprint density at radius 1 is 1.26 bits per heavy atom. The molecule has 0 fully saturated rings. The van der Waals surface area contributed by atoms with Crippen LogP contribution in [0.3, 0.4) is 0 Å². The Labute approximate surface area is 158 Å². The van der Waals surface area contributed by atoms with Crippen molar-refractivity contribution < 1.29 is 9.59 Å². The molecule has 0 aromatic carbocycles. The number of anilines is 1. The summed E-state index contributed by atoms with van der Waals surface area (Å²) in [4.78, 5) is 33.5. The number of carbonyl (C=O) groups excluding carboxylic acids is 2. The summed E-state index contributed by atoms with van der Waals surface area (Å²) in [6.45, 7) is 5.95. The lowest BCUT2D eigenvalue weighted by Gasteiger charge is -2.18. The van der Waals surface area contributed by atoms with Crippen molar-refractivity contribution in [3.8, 4) is 0 Å². The summed E-state index contributed by atoms with van der Waals surface area (Å²) in [5.41, 5.74) is 0.696. The van der Waals surface area contributed by atoms with Crippen LogP contribution < -0.4 is 5.32 Å². The number of nitrogens with one attached hydrogen (secondary N) is 1. The second-order valence-corrected chi connectivity index (χ2v) is 6.83. The van der Waals surface area contributed by atoms with Gasteiger partial charge in [-0.25, -0.2) is 0 Å². The minimum absolute atomic E-state index is 0.0468. The average molecular weight is 371 g/mol. The molecule has 9 nitrogen and oxygen atoms in total. The van der Waals surface area contributed by atoms with E-state index in [1.54, 1.807) is 18.1 Å². The molecule has 0 spiro atoms. The Hall–Kier alpha value is -2.84. The average Bonchev–Trinajstić information content (AvgIpc) is 3.18. The van der Waals surface area contributed by atoms with E-state index in [1.807, 2.05) is 6.92 Å². The van der Waals surface area contributed by atoms with E-state index < -0.39 is 5.92 Å². The van der Waals surface area contributed by atoms with E-state index in [9.17, 15) is 9.59 Å². The molecule has 1 aromatic heterocycles. The van der Waals surface area contributed by atoms with Crippen molar-refractivity contribution in [1.29, 1.82) is 0 Å². The molecular weight excluding hydrogens is 346 g/mol. The van der Waals surface area contributed by atoms with Gasteiger partial charge in [-0.2, -0.15) is 24.9 Å². The maximum absolute atomic E-state index is 12.7. The normalized spacial score (nSPS) is 18.6. The van der Waals surface area contributed by atoms with Crippen LogP contribution >= 0.6 is 0 Å². The topological polar surface area (TPSA) is 104 Å². The van der Waals surface area contributed by atoms with Crippen LogP contribution in [-0.2, 0) is 9.59 Å². The van der Waals surface area contributed by atoms with Gasteiger partial charge in [0.15, 0.2) is 0 Å². The first-order valence-electron chi connectivity index (χ1n) is 9.31. The van der Waals surface area contributed by atoms with Crippen molar-refractivity contribution in [1.82, 2.24) is 14.8 Å². The molecule has 1 unspecified atom stereocenters. The predicted molar refractivity (Wildman–Crippen MR) is 104 cm³/mol. The number of fused-ring (bicyclic) bond motifs is 1. The molecule has 0 radical (unpaired) electrons. The maximum Gasteiger partial charge on any atom is 0.265 e. The lowest BCUT2D eigenvalue weighted by molar-refractivity contribution is -0.120. The zero-order chi connectivity index (χ0) is 19.6. The van der Waals surface area contributed by atoms with E-state index in [-0.39, 0.29) is 23.7 Å². The highest BCUT2D eigenvalue weighted by Gasteiger charge is 2.35.